The van der Waals surface area contributed by atoms with Crippen molar-refractivity contribution in [2.24, 2.45) is 5.92 Å². The van der Waals surface area contributed by atoms with E-state index in [0.29, 0.717) is 24.5 Å². The van der Waals surface area contributed by atoms with Gasteiger partial charge >= 0.3 is 6.03 Å². The third-order valence-electron chi connectivity index (χ3n) is 4.10. The van der Waals surface area contributed by atoms with Gasteiger partial charge in [0.05, 0.1) is 11.0 Å². The highest BCUT2D eigenvalue weighted by Gasteiger charge is 2.32. The molecule has 1 aliphatic heterocycles. The second-order valence-corrected chi connectivity index (χ2v) is 9.48. The van der Waals surface area contributed by atoms with Crippen LogP contribution in [-0.4, -0.2) is 43.4 Å². The second-order valence-electron chi connectivity index (χ2n) is 6.72. The van der Waals surface area contributed by atoms with Crippen LogP contribution >= 0.6 is 11.6 Å². The van der Waals surface area contributed by atoms with Crippen molar-refractivity contribution in [3.63, 3.8) is 0 Å². The summed E-state index contributed by atoms with van der Waals surface area (Å²) in [6.45, 7) is 5.07. The number of halogens is 1. The zero-order chi connectivity index (χ0) is 17.7. The summed E-state index contributed by atoms with van der Waals surface area (Å²) in [5, 5.41) is 3.05. The number of hydrogen-bond acceptors (Lipinski definition) is 3. The van der Waals surface area contributed by atoms with E-state index in [4.69, 9.17) is 11.6 Å². The molecule has 1 N–H and O–H groups in total. The minimum absolute atomic E-state index is 0.101. The molecular formula is C17H25ClN2O3S. The Hall–Kier alpha value is -1.27. The van der Waals surface area contributed by atoms with Crippen LogP contribution in [0.15, 0.2) is 24.3 Å². The molecule has 7 heteroatoms. The van der Waals surface area contributed by atoms with Crippen molar-refractivity contribution in [2.75, 3.05) is 18.8 Å². The number of hydrogen-bond donors (Lipinski definition) is 1. The molecule has 0 spiro atoms. The number of carbonyl (C=O) groups excluding carboxylic acids is 1. The number of likely N-dealkylation sites (tertiary alicyclic amines) is 1. The number of sulfone groups is 1. The Balaban J connectivity index is 1.91. The summed E-state index contributed by atoms with van der Waals surface area (Å²) >= 11 is 5.84. The maximum absolute atomic E-state index is 12.4. The van der Waals surface area contributed by atoms with E-state index in [1.54, 1.807) is 17.0 Å². The maximum Gasteiger partial charge on any atom is 0.317 e. The standard InChI is InChI=1S/C17H25ClN2O3S/c1-13(2)12-24(22,23)16-4-3-9-20(11-16)17(21)19-10-14-5-7-15(18)8-6-14/h5-8,13,16H,3-4,9-12H2,1-2H3,(H,19,21). The van der Waals surface area contributed by atoms with Gasteiger partial charge in [-0.3, -0.25) is 0 Å². The van der Waals surface area contributed by atoms with E-state index in [9.17, 15) is 13.2 Å². The van der Waals surface area contributed by atoms with Crippen molar-refractivity contribution in [3.8, 4) is 0 Å². The van der Waals surface area contributed by atoms with Gasteiger partial charge in [-0.05, 0) is 36.5 Å². The summed E-state index contributed by atoms with van der Waals surface area (Å²) in [6, 6.07) is 7.05. The average molecular weight is 373 g/mol. The monoisotopic (exact) mass is 372 g/mol. The largest absolute Gasteiger partial charge is 0.334 e. The van der Waals surface area contributed by atoms with E-state index in [1.807, 2.05) is 26.0 Å². The number of piperidine rings is 1. The Kier molecular flexibility index (Phi) is 6.52. The molecule has 0 aromatic heterocycles. The Labute approximate surface area is 149 Å². The van der Waals surface area contributed by atoms with Gasteiger partial charge in [-0.25, -0.2) is 13.2 Å². The molecule has 0 radical (unpaired) electrons. The lowest BCUT2D eigenvalue weighted by molar-refractivity contribution is 0.186. The fraction of sp³-hybridized carbons (Fsp3) is 0.588. The van der Waals surface area contributed by atoms with Gasteiger partial charge in [-0.1, -0.05) is 37.6 Å². The van der Waals surface area contributed by atoms with E-state index < -0.39 is 15.1 Å². The second kappa shape index (κ2) is 8.21. The van der Waals surface area contributed by atoms with Crippen LogP contribution in [0.3, 0.4) is 0 Å². The van der Waals surface area contributed by atoms with Gasteiger partial charge in [-0.2, -0.15) is 0 Å². The van der Waals surface area contributed by atoms with Gasteiger partial charge in [0.2, 0.25) is 0 Å². The lowest BCUT2D eigenvalue weighted by Gasteiger charge is -2.32. The predicted molar refractivity (Wildman–Crippen MR) is 96.9 cm³/mol. The van der Waals surface area contributed by atoms with Crippen molar-refractivity contribution >= 4 is 27.5 Å². The van der Waals surface area contributed by atoms with E-state index in [-0.39, 0.29) is 24.2 Å². The zero-order valence-electron chi connectivity index (χ0n) is 14.2. The first-order valence-electron chi connectivity index (χ1n) is 8.26. The number of amides is 2. The zero-order valence-corrected chi connectivity index (χ0v) is 15.7. The fourth-order valence-electron chi connectivity index (χ4n) is 2.91. The van der Waals surface area contributed by atoms with Crippen LogP contribution in [0.25, 0.3) is 0 Å². The number of rotatable bonds is 5. The summed E-state index contributed by atoms with van der Waals surface area (Å²) in [4.78, 5) is 13.9. The molecule has 24 heavy (non-hydrogen) atoms. The van der Waals surface area contributed by atoms with Crippen molar-refractivity contribution in [1.82, 2.24) is 10.2 Å². The Morgan fingerprint density at radius 3 is 2.62 bits per heavy atom. The minimum atomic E-state index is -3.16. The summed E-state index contributed by atoms with van der Waals surface area (Å²) in [5.41, 5.74) is 0.953. The molecule has 2 rings (SSSR count). The summed E-state index contributed by atoms with van der Waals surface area (Å²) in [6.07, 6.45) is 1.35. The third-order valence-corrected chi connectivity index (χ3v) is 6.88. The highest BCUT2D eigenvalue weighted by atomic mass is 35.5. The van der Waals surface area contributed by atoms with Crippen LogP contribution in [0.1, 0.15) is 32.3 Å². The molecule has 0 aliphatic carbocycles. The highest BCUT2D eigenvalue weighted by molar-refractivity contribution is 7.92. The van der Waals surface area contributed by atoms with E-state index >= 15 is 0 Å². The number of urea groups is 1. The molecule has 0 saturated carbocycles. The van der Waals surface area contributed by atoms with Gasteiger partial charge in [0.1, 0.15) is 0 Å². The minimum Gasteiger partial charge on any atom is -0.334 e. The predicted octanol–water partition coefficient (Wildman–Crippen LogP) is 3.08. The normalized spacial score (nSPS) is 18.7. The Morgan fingerprint density at radius 2 is 2.00 bits per heavy atom. The smallest absolute Gasteiger partial charge is 0.317 e. The number of nitrogens with zero attached hydrogens (tertiary/aromatic N) is 1. The van der Waals surface area contributed by atoms with Gasteiger partial charge in [0.15, 0.2) is 9.84 Å². The Morgan fingerprint density at radius 1 is 1.33 bits per heavy atom. The molecule has 1 aromatic carbocycles. The molecule has 2 amide bonds. The van der Waals surface area contributed by atoms with Gasteiger partial charge in [0, 0.05) is 24.7 Å². The van der Waals surface area contributed by atoms with Crippen LogP contribution in [0, 0.1) is 5.92 Å². The van der Waals surface area contributed by atoms with Gasteiger partial charge in [0.25, 0.3) is 0 Å². The first kappa shape index (κ1) is 19.1. The van der Waals surface area contributed by atoms with Crippen LogP contribution in [0.5, 0.6) is 0 Å². The lowest BCUT2D eigenvalue weighted by Crippen LogP contribution is -2.49. The fourth-order valence-corrected chi connectivity index (χ4v) is 5.17. The van der Waals surface area contributed by atoms with E-state index in [0.717, 1.165) is 12.0 Å². The summed E-state index contributed by atoms with van der Waals surface area (Å²) < 4.78 is 24.8. The van der Waals surface area contributed by atoms with E-state index in [1.165, 1.54) is 0 Å². The molecule has 1 aromatic rings. The van der Waals surface area contributed by atoms with E-state index in [2.05, 4.69) is 5.32 Å². The van der Waals surface area contributed by atoms with Crippen LogP contribution in [0.4, 0.5) is 4.79 Å². The molecule has 1 heterocycles. The molecule has 1 fully saturated rings. The van der Waals surface area contributed by atoms with Crippen LogP contribution < -0.4 is 5.32 Å². The molecular weight excluding hydrogens is 348 g/mol. The van der Waals surface area contributed by atoms with Crippen LogP contribution in [-0.2, 0) is 16.4 Å². The van der Waals surface area contributed by atoms with Crippen LogP contribution in [0.2, 0.25) is 5.02 Å². The number of benzene rings is 1. The van der Waals surface area contributed by atoms with Gasteiger partial charge < -0.3 is 10.2 Å². The molecule has 134 valence electrons. The average Bonchev–Trinajstić information content (AvgIpc) is 2.53. The summed E-state index contributed by atoms with van der Waals surface area (Å²) in [7, 11) is -3.16. The first-order chi connectivity index (χ1) is 11.3. The SMILES string of the molecule is CC(C)CS(=O)(=O)C1CCCN(C(=O)NCc2ccc(Cl)cc2)C1. The van der Waals surface area contributed by atoms with Crippen molar-refractivity contribution < 1.29 is 13.2 Å². The number of nitrogens with one attached hydrogen (secondary N) is 1. The molecule has 1 saturated heterocycles. The molecule has 0 bridgehead atoms. The molecule has 1 atom stereocenters. The van der Waals surface area contributed by atoms with Crippen molar-refractivity contribution in [2.45, 2.75) is 38.5 Å². The Bertz CT molecular complexity index is 659. The quantitative estimate of drug-likeness (QED) is 0.863. The lowest BCUT2D eigenvalue weighted by atomic mass is 10.1. The maximum atomic E-state index is 12.4. The highest BCUT2D eigenvalue weighted by Crippen LogP contribution is 2.20. The molecule has 1 unspecified atom stereocenters. The topological polar surface area (TPSA) is 66.5 Å². The molecule has 1 aliphatic rings. The molecule has 5 nitrogen and oxygen atoms in total. The van der Waals surface area contributed by atoms with Gasteiger partial charge in [-0.15, -0.1) is 0 Å². The third kappa shape index (κ3) is 5.38. The first-order valence-corrected chi connectivity index (χ1v) is 10.4. The van der Waals surface area contributed by atoms with Crippen molar-refractivity contribution in [1.29, 1.82) is 0 Å². The van der Waals surface area contributed by atoms with Crippen molar-refractivity contribution in [3.05, 3.63) is 34.9 Å². The number of carbonyl (C=O) groups is 1. The summed E-state index contributed by atoms with van der Waals surface area (Å²) in [5.74, 6) is 0.279.